The molecule has 0 aliphatic heterocycles. The molecule has 146 valence electrons. The van der Waals surface area contributed by atoms with Crippen molar-refractivity contribution in [3.63, 3.8) is 0 Å². The van der Waals surface area contributed by atoms with Gasteiger partial charge in [0.2, 0.25) is 11.8 Å². The van der Waals surface area contributed by atoms with Gasteiger partial charge in [0.25, 0.3) is 0 Å². The highest BCUT2D eigenvalue weighted by molar-refractivity contribution is 5.54. The molecule has 7 heteroatoms. The third kappa shape index (κ3) is 5.00. The Hall–Kier alpha value is -3.09. The summed E-state index contributed by atoms with van der Waals surface area (Å²) >= 11 is 0. The smallest absolute Gasteiger partial charge is 0.423 e. The summed E-state index contributed by atoms with van der Waals surface area (Å²) in [6.07, 6.45) is -3.87. The lowest BCUT2D eigenvalue weighted by Gasteiger charge is -2.14. The summed E-state index contributed by atoms with van der Waals surface area (Å²) in [5, 5.41) is 2.92. The van der Waals surface area contributed by atoms with Crippen molar-refractivity contribution in [1.29, 1.82) is 0 Å². The number of alkyl halides is 3. The zero-order valence-corrected chi connectivity index (χ0v) is 15.5. The topological polar surface area (TPSA) is 47.0 Å². The fourth-order valence-electron chi connectivity index (χ4n) is 2.54. The van der Waals surface area contributed by atoms with Crippen LogP contribution in [0.3, 0.4) is 0 Å². The van der Waals surface area contributed by atoms with Gasteiger partial charge in [0.1, 0.15) is 12.2 Å². The molecule has 0 unspecified atom stereocenters. The summed E-state index contributed by atoms with van der Waals surface area (Å²) in [4.78, 5) is 7.73. The summed E-state index contributed by atoms with van der Waals surface area (Å²) in [6.45, 7) is 4.14. The number of nitrogens with zero attached hydrogens (tertiary/aromatic N) is 2. The molecule has 0 spiro atoms. The number of aromatic nitrogens is 2. The van der Waals surface area contributed by atoms with Crippen molar-refractivity contribution in [2.24, 2.45) is 0 Å². The Labute approximate surface area is 161 Å². The molecule has 1 N–H and O–H groups in total. The van der Waals surface area contributed by atoms with Crippen LogP contribution < -0.4 is 10.1 Å². The van der Waals surface area contributed by atoms with Crippen molar-refractivity contribution in [3.8, 4) is 5.88 Å². The largest absolute Gasteiger partial charge is 0.472 e. The van der Waals surface area contributed by atoms with Crippen molar-refractivity contribution in [2.75, 3.05) is 5.32 Å². The van der Waals surface area contributed by atoms with E-state index in [4.69, 9.17) is 4.74 Å². The molecule has 0 saturated carbocycles. The van der Waals surface area contributed by atoms with Crippen LogP contribution in [-0.4, -0.2) is 9.97 Å². The maximum absolute atomic E-state index is 13.3. The lowest BCUT2D eigenvalue weighted by atomic mass is 10.0. The molecule has 0 aliphatic carbocycles. The van der Waals surface area contributed by atoms with Gasteiger partial charge in [0.05, 0.1) is 0 Å². The van der Waals surface area contributed by atoms with Crippen molar-refractivity contribution >= 4 is 11.6 Å². The van der Waals surface area contributed by atoms with Gasteiger partial charge < -0.3 is 10.1 Å². The Morgan fingerprint density at radius 3 is 2.29 bits per heavy atom. The molecule has 28 heavy (non-hydrogen) atoms. The maximum atomic E-state index is 13.3. The highest BCUT2D eigenvalue weighted by atomic mass is 19.4. The predicted molar refractivity (Wildman–Crippen MR) is 102 cm³/mol. The fraction of sp³-hybridized carbons (Fsp3) is 0.238. The maximum Gasteiger partial charge on any atom is 0.423 e. The molecule has 0 bridgehead atoms. The summed E-state index contributed by atoms with van der Waals surface area (Å²) in [5.41, 5.74) is 1.57. The SMILES string of the molecule is CC(C)c1ccc(Nc2ncc(C(F)(F)F)c(OCc3ccccc3)n2)cc1. The minimum absolute atomic E-state index is 0.0243. The van der Waals surface area contributed by atoms with Crippen LogP contribution in [0.25, 0.3) is 0 Å². The molecule has 3 rings (SSSR count). The van der Waals surface area contributed by atoms with Crippen molar-refractivity contribution in [3.05, 3.63) is 77.5 Å². The van der Waals surface area contributed by atoms with Gasteiger partial charge in [-0.2, -0.15) is 18.2 Å². The van der Waals surface area contributed by atoms with Gasteiger partial charge in [-0.25, -0.2) is 4.98 Å². The summed E-state index contributed by atoms with van der Waals surface area (Å²) in [7, 11) is 0. The molecule has 1 aromatic heterocycles. The molecule has 2 aromatic carbocycles. The van der Waals surface area contributed by atoms with Crippen LogP contribution in [0.4, 0.5) is 24.8 Å². The Morgan fingerprint density at radius 2 is 1.68 bits per heavy atom. The van der Waals surface area contributed by atoms with Crippen LogP contribution in [0.1, 0.15) is 36.5 Å². The fourth-order valence-corrected chi connectivity index (χ4v) is 2.54. The first-order valence-corrected chi connectivity index (χ1v) is 8.81. The van der Waals surface area contributed by atoms with Gasteiger partial charge >= 0.3 is 6.18 Å². The first kappa shape index (κ1) is 19.7. The highest BCUT2D eigenvalue weighted by Gasteiger charge is 2.36. The number of hydrogen-bond acceptors (Lipinski definition) is 4. The van der Waals surface area contributed by atoms with E-state index in [1.54, 1.807) is 24.3 Å². The molecular formula is C21H20F3N3O. The van der Waals surface area contributed by atoms with E-state index in [1.807, 2.05) is 30.3 Å². The third-order valence-electron chi connectivity index (χ3n) is 4.11. The van der Waals surface area contributed by atoms with Gasteiger partial charge in [-0.05, 0) is 29.2 Å². The van der Waals surface area contributed by atoms with Crippen molar-refractivity contribution < 1.29 is 17.9 Å². The molecule has 4 nitrogen and oxygen atoms in total. The molecule has 0 fully saturated rings. The Morgan fingerprint density at radius 1 is 1.00 bits per heavy atom. The number of anilines is 2. The van der Waals surface area contributed by atoms with Crippen LogP contribution in [0.15, 0.2) is 60.8 Å². The Bertz CT molecular complexity index is 910. The van der Waals surface area contributed by atoms with E-state index in [0.29, 0.717) is 11.6 Å². The van der Waals surface area contributed by atoms with Crippen LogP contribution in [0.5, 0.6) is 5.88 Å². The number of rotatable bonds is 6. The quantitative estimate of drug-likeness (QED) is 0.568. The van der Waals surface area contributed by atoms with Crippen LogP contribution in [-0.2, 0) is 12.8 Å². The first-order valence-electron chi connectivity index (χ1n) is 8.81. The molecule has 0 atom stereocenters. The van der Waals surface area contributed by atoms with E-state index in [0.717, 1.165) is 17.3 Å². The van der Waals surface area contributed by atoms with E-state index in [-0.39, 0.29) is 12.6 Å². The molecule has 0 radical (unpaired) electrons. The van der Waals surface area contributed by atoms with Crippen molar-refractivity contribution in [2.45, 2.75) is 32.5 Å². The van der Waals surface area contributed by atoms with Crippen molar-refractivity contribution in [1.82, 2.24) is 9.97 Å². The minimum Gasteiger partial charge on any atom is -0.472 e. The van der Waals surface area contributed by atoms with E-state index in [9.17, 15) is 13.2 Å². The summed E-state index contributed by atoms with van der Waals surface area (Å²) in [6, 6.07) is 16.5. The van der Waals surface area contributed by atoms with E-state index in [1.165, 1.54) is 0 Å². The predicted octanol–water partition coefficient (Wildman–Crippen LogP) is 5.94. The van der Waals surface area contributed by atoms with Gasteiger partial charge in [-0.3, -0.25) is 0 Å². The molecule has 0 amide bonds. The number of benzene rings is 2. The van der Waals surface area contributed by atoms with Gasteiger partial charge in [0.15, 0.2) is 0 Å². The number of hydrogen-bond donors (Lipinski definition) is 1. The summed E-state index contributed by atoms with van der Waals surface area (Å²) in [5.74, 6) is -0.0876. The average molecular weight is 387 g/mol. The minimum atomic E-state index is -4.61. The average Bonchev–Trinajstić information content (AvgIpc) is 2.67. The lowest BCUT2D eigenvalue weighted by molar-refractivity contribution is -0.139. The van der Waals surface area contributed by atoms with Gasteiger partial charge in [-0.15, -0.1) is 0 Å². The van der Waals surface area contributed by atoms with Crippen LogP contribution in [0.2, 0.25) is 0 Å². The first-order chi connectivity index (χ1) is 13.3. The van der Waals surface area contributed by atoms with E-state index >= 15 is 0 Å². The highest BCUT2D eigenvalue weighted by Crippen LogP contribution is 2.35. The lowest BCUT2D eigenvalue weighted by Crippen LogP contribution is -2.12. The van der Waals surface area contributed by atoms with E-state index in [2.05, 4.69) is 29.1 Å². The van der Waals surface area contributed by atoms with Crippen LogP contribution >= 0.6 is 0 Å². The Balaban J connectivity index is 1.82. The number of nitrogens with one attached hydrogen (secondary N) is 1. The standard InChI is InChI=1S/C21H20F3N3O/c1-14(2)16-8-10-17(11-9-16)26-20-25-12-18(21(22,23)24)19(27-20)28-13-15-6-4-3-5-7-15/h3-12,14H,13H2,1-2H3,(H,25,26,27). The van der Waals surface area contributed by atoms with E-state index < -0.39 is 17.6 Å². The second-order valence-corrected chi connectivity index (χ2v) is 6.59. The molecule has 0 saturated heterocycles. The second-order valence-electron chi connectivity index (χ2n) is 6.59. The monoisotopic (exact) mass is 387 g/mol. The van der Waals surface area contributed by atoms with Gasteiger partial charge in [0, 0.05) is 11.9 Å². The summed E-state index contributed by atoms with van der Waals surface area (Å²) < 4.78 is 45.2. The number of halogens is 3. The second kappa shape index (κ2) is 8.29. The zero-order chi connectivity index (χ0) is 20.1. The third-order valence-corrected chi connectivity index (χ3v) is 4.11. The van der Waals surface area contributed by atoms with Crippen LogP contribution in [0, 0.1) is 0 Å². The molecular weight excluding hydrogens is 367 g/mol. The molecule has 3 aromatic rings. The Kier molecular flexibility index (Phi) is 5.82. The molecule has 1 heterocycles. The number of ether oxygens (including phenoxy) is 1. The molecule has 0 aliphatic rings. The van der Waals surface area contributed by atoms with Gasteiger partial charge in [-0.1, -0.05) is 56.3 Å². The normalized spacial score (nSPS) is 11.5. The zero-order valence-electron chi connectivity index (χ0n) is 15.5.